The van der Waals surface area contributed by atoms with Crippen LogP contribution in [0.5, 0.6) is 11.5 Å². The molecule has 0 radical (unpaired) electrons. The number of nitrogens with zero attached hydrogens (tertiary/aromatic N) is 2. The number of ether oxygens (including phenoxy) is 2. The fourth-order valence-electron chi connectivity index (χ4n) is 6.32. The summed E-state index contributed by atoms with van der Waals surface area (Å²) in [5.74, 6) is 1.47. The van der Waals surface area contributed by atoms with Crippen LogP contribution in [0.25, 0.3) is 0 Å². The second-order valence-corrected chi connectivity index (χ2v) is 16.9. The van der Waals surface area contributed by atoms with Gasteiger partial charge in [-0.1, -0.05) is 132 Å². The number of benzene rings is 4. The predicted octanol–water partition coefficient (Wildman–Crippen LogP) is 10.8. The summed E-state index contributed by atoms with van der Waals surface area (Å²) in [4.78, 5) is 18.9. The van der Waals surface area contributed by atoms with Crippen LogP contribution in [0.3, 0.4) is 0 Å². The van der Waals surface area contributed by atoms with Crippen molar-refractivity contribution < 1.29 is 22.7 Å². The maximum absolute atomic E-state index is 13.5. The molecule has 318 valence electrons. The first kappa shape index (κ1) is 49.0. The Kier molecular flexibility index (Phi) is 21.6. The van der Waals surface area contributed by atoms with Gasteiger partial charge < -0.3 is 9.47 Å². The van der Waals surface area contributed by atoms with E-state index < -0.39 is 15.9 Å². The highest BCUT2D eigenvalue weighted by molar-refractivity contribution is 7.99. The molecule has 11 heteroatoms. The van der Waals surface area contributed by atoms with Crippen molar-refractivity contribution in [3.63, 3.8) is 0 Å². The van der Waals surface area contributed by atoms with Crippen LogP contribution in [0.4, 0.5) is 0 Å². The van der Waals surface area contributed by atoms with E-state index in [9.17, 15) is 13.2 Å². The number of hydrogen-bond donors (Lipinski definition) is 1. The normalized spacial score (nSPS) is 14.1. The second kappa shape index (κ2) is 26.0. The lowest BCUT2D eigenvalue weighted by molar-refractivity contribution is -0.121. The molecule has 1 aliphatic heterocycles. The number of carbonyl (C=O) groups is 1. The Morgan fingerprint density at radius 1 is 0.949 bits per heavy atom. The number of allylic oxidation sites excluding steroid dienone is 3. The van der Waals surface area contributed by atoms with Gasteiger partial charge in [0.25, 0.3) is 10.0 Å². The minimum Gasteiger partial charge on any atom is -0.493 e. The molecule has 0 saturated carbocycles. The van der Waals surface area contributed by atoms with Crippen LogP contribution in [0.2, 0.25) is 0 Å². The monoisotopic (exact) mass is 859 g/mol. The Morgan fingerprint density at radius 2 is 1.56 bits per heavy atom. The fourth-order valence-corrected chi connectivity index (χ4v) is 8.36. The van der Waals surface area contributed by atoms with Crippen molar-refractivity contribution in [1.29, 1.82) is 0 Å². The van der Waals surface area contributed by atoms with Gasteiger partial charge in [0.1, 0.15) is 0 Å². The number of amides is 1. The molecular formula is C48H62ClN3O5S2. The summed E-state index contributed by atoms with van der Waals surface area (Å²) in [6, 6.07) is 30.4. The van der Waals surface area contributed by atoms with E-state index in [1.165, 1.54) is 17.7 Å². The van der Waals surface area contributed by atoms with Crippen LogP contribution in [-0.2, 0) is 27.8 Å². The summed E-state index contributed by atoms with van der Waals surface area (Å²) in [5.41, 5.74) is 4.78. The molecule has 59 heavy (non-hydrogen) atoms. The first-order valence-electron chi connectivity index (χ1n) is 20.3. The number of fused-ring (bicyclic) bond motifs is 1. The third-order valence-electron chi connectivity index (χ3n) is 9.43. The molecule has 0 aliphatic carbocycles. The molecule has 1 N–H and O–H groups in total. The highest BCUT2D eigenvalue weighted by Gasteiger charge is 2.32. The Morgan fingerprint density at radius 3 is 2.15 bits per heavy atom. The molecule has 8 nitrogen and oxygen atoms in total. The molecule has 0 aromatic heterocycles. The van der Waals surface area contributed by atoms with Crippen LogP contribution in [0.15, 0.2) is 142 Å². The second-order valence-electron chi connectivity index (χ2n) is 13.6. The lowest BCUT2D eigenvalue weighted by Gasteiger charge is -2.37. The van der Waals surface area contributed by atoms with Gasteiger partial charge in [-0.15, -0.1) is 11.8 Å². The molecule has 1 aliphatic rings. The van der Waals surface area contributed by atoms with E-state index in [0.717, 1.165) is 40.1 Å². The molecular weight excluding hydrogens is 798 g/mol. The SMILES string of the molecule is C=C(CN(CCSc1ccccc1)Cc1ccc(S(=O)(=O)NC(=O)CN2CCc3cc(OC)c(OC)cc3C2c2ccccc2)cc1)/C(Cl)=C\C=C/C.CC.CCCC. The van der Waals surface area contributed by atoms with Crippen molar-refractivity contribution in [2.24, 2.45) is 0 Å². The molecule has 0 spiro atoms. The van der Waals surface area contributed by atoms with Crippen molar-refractivity contribution in [1.82, 2.24) is 14.5 Å². The topological polar surface area (TPSA) is 88.2 Å². The van der Waals surface area contributed by atoms with E-state index in [2.05, 4.69) is 42.2 Å². The Balaban J connectivity index is 0.00000146. The number of halogens is 1. The number of unbranched alkanes of at least 4 members (excludes halogenated alkanes) is 1. The molecule has 1 amide bonds. The Labute approximate surface area is 363 Å². The average molecular weight is 861 g/mol. The number of thioether (sulfide) groups is 1. The van der Waals surface area contributed by atoms with E-state index in [0.29, 0.717) is 42.6 Å². The van der Waals surface area contributed by atoms with Gasteiger partial charge in [0.2, 0.25) is 5.91 Å². The number of nitrogens with one attached hydrogen (secondary N) is 1. The smallest absolute Gasteiger partial charge is 0.264 e. The maximum Gasteiger partial charge on any atom is 0.264 e. The van der Waals surface area contributed by atoms with Gasteiger partial charge in [-0.25, -0.2) is 13.1 Å². The van der Waals surface area contributed by atoms with Crippen LogP contribution < -0.4 is 14.2 Å². The predicted molar refractivity (Wildman–Crippen MR) is 247 cm³/mol. The van der Waals surface area contributed by atoms with E-state index in [1.54, 1.807) is 50.2 Å². The molecule has 0 bridgehead atoms. The lowest BCUT2D eigenvalue weighted by atomic mass is 9.87. The van der Waals surface area contributed by atoms with E-state index in [-0.39, 0.29) is 17.5 Å². The number of rotatable bonds is 18. The first-order valence-corrected chi connectivity index (χ1v) is 23.1. The van der Waals surface area contributed by atoms with E-state index in [4.69, 9.17) is 21.1 Å². The molecule has 5 rings (SSSR count). The summed E-state index contributed by atoms with van der Waals surface area (Å²) in [5, 5.41) is 0.588. The van der Waals surface area contributed by atoms with E-state index >= 15 is 0 Å². The van der Waals surface area contributed by atoms with Crippen molar-refractivity contribution in [2.45, 2.75) is 76.3 Å². The fraction of sp³-hybridized carbons (Fsp3) is 0.354. The van der Waals surface area contributed by atoms with Gasteiger partial charge in [0.15, 0.2) is 11.5 Å². The number of methoxy groups -OCH3 is 2. The van der Waals surface area contributed by atoms with Crippen molar-refractivity contribution in [2.75, 3.05) is 46.2 Å². The average Bonchev–Trinajstić information content (AvgIpc) is 3.26. The molecule has 1 unspecified atom stereocenters. The molecule has 1 heterocycles. The van der Waals surface area contributed by atoms with Crippen molar-refractivity contribution in [3.8, 4) is 11.5 Å². The van der Waals surface area contributed by atoms with Crippen LogP contribution >= 0.6 is 23.4 Å². The summed E-state index contributed by atoms with van der Waals surface area (Å²) < 4.78 is 40.4. The standard InChI is InChI=1S/C42H46ClN3O5S2.C4H10.C2H6/c1-5-6-17-38(43)31(2)28-45(24-25-52-35-15-11-8-12-16-35)29-32-18-20-36(21-19-32)53(48,49)44-41(47)30-46-23-22-34-26-39(50-3)40(51-4)27-37(34)42(46)33-13-9-7-10-14-33;1-3-4-2;1-2/h5-21,26-27,42H,2,22-25,28-30H2,1,3-4H3,(H,44,47);3-4H2,1-2H3;1-2H3/b6-5-,38-17+;;. The molecule has 1 atom stereocenters. The summed E-state index contributed by atoms with van der Waals surface area (Å²) in [6.45, 7) is 16.8. The van der Waals surface area contributed by atoms with Gasteiger partial charge in [-0.3, -0.25) is 14.6 Å². The number of carbonyl (C=O) groups excluding carboxylic acids is 1. The molecule has 4 aromatic carbocycles. The maximum atomic E-state index is 13.5. The molecule has 0 saturated heterocycles. The largest absolute Gasteiger partial charge is 0.493 e. The summed E-state index contributed by atoms with van der Waals surface area (Å²) in [7, 11) is -0.930. The van der Waals surface area contributed by atoms with Gasteiger partial charge in [0.05, 0.1) is 31.7 Å². The quantitative estimate of drug-likeness (QED) is 0.0782. The third-order valence-corrected chi connectivity index (χ3v) is 12.2. The Bertz CT molecular complexity index is 2060. The van der Waals surface area contributed by atoms with Crippen molar-refractivity contribution in [3.05, 3.63) is 155 Å². The van der Waals surface area contributed by atoms with Crippen molar-refractivity contribution >= 4 is 39.3 Å². The molecule has 4 aromatic rings. The minimum absolute atomic E-state index is 0.0166. The van der Waals surface area contributed by atoms with Gasteiger partial charge in [-0.05, 0) is 83.6 Å². The van der Waals surface area contributed by atoms with Crippen LogP contribution in [0.1, 0.15) is 75.8 Å². The van der Waals surface area contributed by atoms with Gasteiger partial charge in [0, 0.05) is 41.9 Å². The van der Waals surface area contributed by atoms with Crippen LogP contribution in [0, 0.1) is 0 Å². The zero-order valence-corrected chi connectivity index (χ0v) is 38.1. The molecule has 0 fully saturated rings. The highest BCUT2D eigenvalue weighted by atomic mass is 35.5. The number of sulfonamides is 1. The Hall–Kier alpha value is -4.32. The lowest BCUT2D eigenvalue weighted by Crippen LogP contribution is -2.44. The summed E-state index contributed by atoms with van der Waals surface area (Å²) >= 11 is 8.28. The third kappa shape index (κ3) is 15.3. The summed E-state index contributed by atoms with van der Waals surface area (Å²) in [6.07, 6.45) is 8.92. The zero-order valence-electron chi connectivity index (χ0n) is 35.7. The van der Waals surface area contributed by atoms with E-state index in [1.807, 2.05) is 105 Å². The first-order chi connectivity index (χ1) is 28.5. The van der Waals surface area contributed by atoms with Gasteiger partial charge in [-0.2, -0.15) is 0 Å². The number of hydrogen-bond acceptors (Lipinski definition) is 8. The zero-order chi connectivity index (χ0) is 43.2. The van der Waals surface area contributed by atoms with Gasteiger partial charge >= 0.3 is 0 Å². The van der Waals surface area contributed by atoms with Crippen LogP contribution in [-0.4, -0.2) is 70.3 Å². The minimum atomic E-state index is -4.13. The highest BCUT2D eigenvalue weighted by Crippen LogP contribution is 2.41.